The fourth-order valence-electron chi connectivity index (χ4n) is 2.47. The first-order chi connectivity index (χ1) is 11.5. The Morgan fingerprint density at radius 1 is 1.04 bits per heavy atom. The highest BCUT2D eigenvalue weighted by atomic mass is 32.2. The number of aryl methyl sites for hydroxylation is 1. The molecule has 1 amide bonds. The number of nitrogens with one attached hydrogen (secondary N) is 2. The molecule has 3 nitrogen and oxygen atoms in total. The van der Waals surface area contributed by atoms with Gasteiger partial charge in [0.1, 0.15) is 6.54 Å². The summed E-state index contributed by atoms with van der Waals surface area (Å²) in [7, 11) is 4.27. The van der Waals surface area contributed by atoms with Crippen LogP contribution in [-0.4, -0.2) is 25.8 Å². The Bertz CT molecular complexity index is 653. The maximum absolute atomic E-state index is 12.1. The zero-order valence-corrected chi connectivity index (χ0v) is 15.6. The van der Waals surface area contributed by atoms with Gasteiger partial charge in [-0.05, 0) is 18.1 Å². The van der Waals surface area contributed by atoms with Crippen LogP contribution in [-0.2, 0) is 23.6 Å². The number of hydrogen-bond acceptors (Lipinski definition) is 2. The molecule has 2 aromatic rings. The molecule has 0 unspecified atom stereocenters. The largest absolute Gasteiger partial charge is 0.351 e. The van der Waals surface area contributed by atoms with Gasteiger partial charge < -0.3 is 10.2 Å². The zero-order valence-electron chi connectivity index (χ0n) is 14.8. The lowest BCUT2D eigenvalue weighted by molar-refractivity contribution is -0.872. The van der Waals surface area contributed by atoms with Gasteiger partial charge in [-0.2, -0.15) is 0 Å². The van der Waals surface area contributed by atoms with Crippen molar-refractivity contribution in [2.45, 2.75) is 25.8 Å². The van der Waals surface area contributed by atoms with Gasteiger partial charge >= 0.3 is 0 Å². The standard InChI is InChI=1S/C20H26N2OS/c1-16-8-10-17(11-9-16)14-24-15-20(23)21-12-18-6-4-5-7-19(18)13-22(2)3/h4-11H,12-15H2,1-3H3,(H,21,23)/p+1. The highest BCUT2D eigenvalue weighted by Crippen LogP contribution is 2.13. The molecular weight excluding hydrogens is 316 g/mol. The maximum Gasteiger partial charge on any atom is 0.230 e. The van der Waals surface area contributed by atoms with Gasteiger partial charge in [-0.25, -0.2) is 0 Å². The van der Waals surface area contributed by atoms with Gasteiger partial charge in [0, 0.05) is 17.9 Å². The Morgan fingerprint density at radius 3 is 2.38 bits per heavy atom. The second-order valence-corrected chi connectivity index (χ2v) is 7.39. The molecule has 0 spiro atoms. The van der Waals surface area contributed by atoms with Gasteiger partial charge in [0.05, 0.1) is 19.8 Å². The van der Waals surface area contributed by atoms with E-state index in [0.29, 0.717) is 12.3 Å². The topological polar surface area (TPSA) is 33.5 Å². The summed E-state index contributed by atoms with van der Waals surface area (Å²) in [6, 6.07) is 16.8. The number of thioether (sulfide) groups is 1. The Balaban J connectivity index is 1.76. The van der Waals surface area contributed by atoms with E-state index in [0.717, 1.165) is 12.3 Å². The van der Waals surface area contributed by atoms with Gasteiger partial charge in [-0.15, -0.1) is 11.8 Å². The van der Waals surface area contributed by atoms with Crippen molar-refractivity contribution in [3.8, 4) is 0 Å². The summed E-state index contributed by atoms with van der Waals surface area (Å²) in [4.78, 5) is 13.4. The van der Waals surface area contributed by atoms with Crippen LogP contribution in [0, 0.1) is 6.92 Å². The lowest BCUT2D eigenvalue weighted by Gasteiger charge is -2.13. The van der Waals surface area contributed by atoms with Crippen molar-refractivity contribution in [2.24, 2.45) is 0 Å². The number of carbonyl (C=O) groups excluding carboxylic acids is 1. The van der Waals surface area contributed by atoms with Gasteiger partial charge in [0.2, 0.25) is 5.91 Å². The van der Waals surface area contributed by atoms with Gasteiger partial charge in [0.25, 0.3) is 0 Å². The average molecular weight is 344 g/mol. The van der Waals surface area contributed by atoms with Crippen LogP contribution in [0.25, 0.3) is 0 Å². The van der Waals surface area contributed by atoms with E-state index >= 15 is 0 Å². The molecule has 128 valence electrons. The Labute approximate surface area is 149 Å². The number of hydrogen-bond donors (Lipinski definition) is 2. The Kier molecular flexibility index (Phi) is 7.35. The van der Waals surface area contributed by atoms with E-state index in [1.807, 2.05) is 6.07 Å². The SMILES string of the molecule is Cc1ccc(CSCC(=O)NCc2ccccc2C[NH+](C)C)cc1. The number of carbonyl (C=O) groups is 1. The highest BCUT2D eigenvalue weighted by molar-refractivity contribution is 7.99. The second-order valence-electron chi connectivity index (χ2n) is 6.41. The first kappa shape index (κ1) is 18.6. The third kappa shape index (κ3) is 6.38. The first-order valence-corrected chi connectivity index (χ1v) is 9.46. The van der Waals surface area contributed by atoms with E-state index in [9.17, 15) is 4.79 Å². The second kappa shape index (κ2) is 9.50. The average Bonchev–Trinajstić information content (AvgIpc) is 2.55. The van der Waals surface area contributed by atoms with E-state index in [1.54, 1.807) is 11.8 Å². The minimum atomic E-state index is 0.0964. The van der Waals surface area contributed by atoms with Crippen molar-refractivity contribution in [2.75, 3.05) is 19.8 Å². The fraction of sp³-hybridized carbons (Fsp3) is 0.350. The summed E-state index contributed by atoms with van der Waals surface area (Å²) in [5.41, 5.74) is 5.03. The van der Waals surface area contributed by atoms with Crippen LogP contribution in [0.2, 0.25) is 0 Å². The molecule has 2 N–H and O–H groups in total. The lowest BCUT2D eigenvalue weighted by atomic mass is 10.1. The highest BCUT2D eigenvalue weighted by Gasteiger charge is 2.07. The molecule has 0 heterocycles. The monoisotopic (exact) mass is 343 g/mol. The molecule has 0 radical (unpaired) electrons. The summed E-state index contributed by atoms with van der Waals surface area (Å²) in [5, 5.41) is 3.04. The van der Waals surface area contributed by atoms with Crippen LogP contribution in [0.15, 0.2) is 48.5 Å². The fourth-order valence-corrected chi connectivity index (χ4v) is 3.29. The molecule has 0 aromatic heterocycles. The molecule has 2 rings (SSSR count). The van der Waals surface area contributed by atoms with Crippen molar-refractivity contribution in [1.82, 2.24) is 5.32 Å². The third-order valence-electron chi connectivity index (χ3n) is 3.76. The normalized spacial score (nSPS) is 10.8. The predicted octanol–water partition coefficient (Wildman–Crippen LogP) is 2.19. The molecule has 4 heteroatoms. The molecule has 0 aliphatic heterocycles. The quantitative estimate of drug-likeness (QED) is 0.770. The zero-order chi connectivity index (χ0) is 17.4. The molecule has 0 bridgehead atoms. The van der Waals surface area contributed by atoms with Crippen molar-refractivity contribution < 1.29 is 9.69 Å². The minimum Gasteiger partial charge on any atom is -0.351 e. The molecular formula is C20H27N2OS+. The Morgan fingerprint density at radius 2 is 1.71 bits per heavy atom. The number of amides is 1. The first-order valence-electron chi connectivity index (χ1n) is 8.30. The summed E-state index contributed by atoms with van der Waals surface area (Å²) >= 11 is 1.65. The number of benzene rings is 2. The van der Waals surface area contributed by atoms with Crippen LogP contribution in [0.4, 0.5) is 0 Å². The van der Waals surface area contributed by atoms with E-state index < -0.39 is 0 Å². The molecule has 0 aliphatic rings. The summed E-state index contributed by atoms with van der Waals surface area (Å²) in [6.45, 7) is 3.65. The van der Waals surface area contributed by atoms with Crippen LogP contribution in [0.1, 0.15) is 22.3 Å². The number of quaternary nitrogens is 1. The van der Waals surface area contributed by atoms with Crippen molar-refractivity contribution in [3.05, 3.63) is 70.8 Å². The Hall–Kier alpha value is -1.78. The van der Waals surface area contributed by atoms with E-state index in [1.165, 1.54) is 27.2 Å². The molecule has 0 atom stereocenters. The van der Waals surface area contributed by atoms with Crippen molar-refractivity contribution >= 4 is 17.7 Å². The molecule has 0 saturated heterocycles. The van der Waals surface area contributed by atoms with Crippen LogP contribution in [0.5, 0.6) is 0 Å². The van der Waals surface area contributed by atoms with Crippen molar-refractivity contribution in [3.63, 3.8) is 0 Å². The summed E-state index contributed by atoms with van der Waals surface area (Å²) in [6.07, 6.45) is 0. The summed E-state index contributed by atoms with van der Waals surface area (Å²) in [5.74, 6) is 1.46. The van der Waals surface area contributed by atoms with E-state index in [4.69, 9.17) is 0 Å². The number of rotatable bonds is 8. The molecule has 0 aliphatic carbocycles. The maximum atomic E-state index is 12.1. The molecule has 2 aromatic carbocycles. The van der Waals surface area contributed by atoms with Crippen LogP contribution in [0.3, 0.4) is 0 Å². The van der Waals surface area contributed by atoms with Gasteiger partial charge in [0.15, 0.2) is 0 Å². The minimum absolute atomic E-state index is 0.0964. The van der Waals surface area contributed by atoms with Gasteiger partial charge in [-0.3, -0.25) is 4.79 Å². The predicted molar refractivity (Wildman–Crippen MR) is 102 cm³/mol. The van der Waals surface area contributed by atoms with Gasteiger partial charge in [-0.1, -0.05) is 54.1 Å². The summed E-state index contributed by atoms with van der Waals surface area (Å²) < 4.78 is 0. The van der Waals surface area contributed by atoms with Crippen LogP contribution >= 0.6 is 11.8 Å². The molecule has 0 fully saturated rings. The van der Waals surface area contributed by atoms with E-state index in [2.05, 4.69) is 68.8 Å². The van der Waals surface area contributed by atoms with Crippen molar-refractivity contribution in [1.29, 1.82) is 0 Å². The third-order valence-corrected chi connectivity index (χ3v) is 4.76. The van der Waals surface area contributed by atoms with Crippen LogP contribution < -0.4 is 10.2 Å². The molecule has 24 heavy (non-hydrogen) atoms. The smallest absolute Gasteiger partial charge is 0.230 e. The lowest BCUT2D eigenvalue weighted by Crippen LogP contribution is -3.04. The van der Waals surface area contributed by atoms with E-state index in [-0.39, 0.29) is 5.91 Å². The molecule has 0 saturated carbocycles.